The van der Waals surface area contributed by atoms with Gasteiger partial charge in [0.1, 0.15) is 6.54 Å². The van der Waals surface area contributed by atoms with Gasteiger partial charge in [-0.25, -0.2) is 5.01 Å². The van der Waals surface area contributed by atoms with Crippen molar-refractivity contribution in [1.29, 1.82) is 0 Å². The Balaban J connectivity index is 1.98. The Labute approximate surface area is 98.5 Å². The summed E-state index contributed by atoms with van der Waals surface area (Å²) in [5.74, 6) is -0.259. The van der Waals surface area contributed by atoms with Gasteiger partial charge in [-0.1, -0.05) is 6.08 Å². The summed E-state index contributed by atoms with van der Waals surface area (Å²) in [4.78, 5) is 23.8. The van der Waals surface area contributed by atoms with Crippen LogP contribution in [0.25, 0.3) is 0 Å². The molecular formula is C11H13N3O3. The van der Waals surface area contributed by atoms with Crippen molar-refractivity contribution in [3.63, 3.8) is 0 Å². The van der Waals surface area contributed by atoms with E-state index in [0.29, 0.717) is 18.8 Å². The van der Waals surface area contributed by atoms with Gasteiger partial charge in [-0.2, -0.15) is 5.10 Å². The predicted octanol–water partition coefficient (Wildman–Crippen LogP) is 0.392. The van der Waals surface area contributed by atoms with Crippen molar-refractivity contribution in [3.05, 3.63) is 24.4 Å². The van der Waals surface area contributed by atoms with Gasteiger partial charge in [0.2, 0.25) is 0 Å². The molecule has 0 saturated heterocycles. The first-order valence-electron chi connectivity index (χ1n) is 5.39. The van der Waals surface area contributed by atoms with Crippen molar-refractivity contribution >= 4 is 17.7 Å². The molecule has 2 heterocycles. The van der Waals surface area contributed by atoms with Gasteiger partial charge >= 0.3 is 5.97 Å². The van der Waals surface area contributed by atoms with Crippen molar-refractivity contribution in [1.82, 2.24) is 9.91 Å². The lowest BCUT2D eigenvalue weighted by Crippen LogP contribution is -2.45. The van der Waals surface area contributed by atoms with E-state index >= 15 is 0 Å². The summed E-state index contributed by atoms with van der Waals surface area (Å²) in [5.41, 5.74) is 0. The van der Waals surface area contributed by atoms with E-state index in [1.807, 2.05) is 18.2 Å². The third-order valence-electron chi connectivity index (χ3n) is 2.49. The van der Waals surface area contributed by atoms with E-state index in [2.05, 4.69) is 5.10 Å². The van der Waals surface area contributed by atoms with E-state index in [1.165, 1.54) is 5.01 Å². The van der Waals surface area contributed by atoms with Crippen molar-refractivity contribution in [2.75, 3.05) is 13.1 Å². The van der Waals surface area contributed by atoms with Gasteiger partial charge < -0.3 is 10.0 Å². The summed E-state index contributed by atoms with van der Waals surface area (Å²) in [7, 11) is 0. The second kappa shape index (κ2) is 4.82. The Hall–Kier alpha value is -2.11. The topological polar surface area (TPSA) is 73.2 Å². The second-order valence-electron chi connectivity index (χ2n) is 3.80. The average Bonchev–Trinajstić information content (AvgIpc) is 2.29. The molecule has 1 amide bonds. The highest BCUT2D eigenvalue weighted by Gasteiger charge is 2.24. The molecule has 0 aromatic carbocycles. The molecule has 0 bridgehead atoms. The number of aliphatic carboxylic acids is 1. The highest BCUT2D eigenvalue weighted by Crippen LogP contribution is 2.11. The van der Waals surface area contributed by atoms with E-state index < -0.39 is 5.97 Å². The van der Waals surface area contributed by atoms with Gasteiger partial charge in [0.15, 0.2) is 5.84 Å². The summed E-state index contributed by atoms with van der Waals surface area (Å²) >= 11 is 0. The fourth-order valence-corrected chi connectivity index (χ4v) is 1.65. The van der Waals surface area contributed by atoms with Crippen molar-refractivity contribution in [2.24, 2.45) is 5.10 Å². The number of amidine groups is 1. The summed E-state index contributed by atoms with van der Waals surface area (Å²) in [6, 6.07) is 0. The number of amides is 1. The van der Waals surface area contributed by atoms with Crippen LogP contribution in [-0.2, 0) is 9.59 Å². The zero-order valence-corrected chi connectivity index (χ0v) is 9.24. The van der Waals surface area contributed by atoms with Crippen LogP contribution in [0.5, 0.6) is 0 Å². The monoisotopic (exact) mass is 235 g/mol. The molecule has 0 fully saturated rings. The van der Waals surface area contributed by atoms with Crippen LogP contribution in [-0.4, -0.2) is 45.8 Å². The lowest BCUT2D eigenvalue weighted by Gasteiger charge is -2.30. The summed E-state index contributed by atoms with van der Waals surface area (Å²) < 4.78 is 0. The number of carboxylic acids is 1. The minimum atomic E-state index is -0.857. The zero-order valence-electron chi connectivity index (χ0n) is 9.24. The van der Waals surface area contributed by atoms with Crippen molar-refractivity contribution in [3.8, 4) is 0 Å². The molecule has 0 aromatic heterocycles. The summed E-state index contributed by atoms with van der Waals surface area (Å²) in [5, 5.41) is 14.1. The molecule has 0 aliphatic carbocycles. The van der Waals surface area contributed by atoms with Crippen molar-refractivity contribution < 1.29 is 14.7 Å². The Morgan fingerprint density at radius 3 is 3.06 bits per heavy atom. The van der Waals surface area contributed by atoms with E-state index in [-0.39, 0.29) is 18.9 Å². The van der Waals surface area contributed by atoms with E-state index in [9.17, 15) is 9.59 Å². The standard InChI is InChI=1S/C11H13N3O3/c15-10-8-13-6-2-1-4-9(13)12-14(10)7-3-5-11(16)17/h1-2,4,6H,3,5,7-8H2,(H,16,17). The Kier molecular flexibility index (Phi) is 3.22. The van der Waals surface area contributed by atoms with Gasteiger partial charge in [-0.3, -0.25) is 9.59 Å². The third kappa shape index (κ3) is 2.72. The Morgan fingerprint density at radius 2 is 2.29 bits per heavy atom. The van der Waals surface area contributed by atoms with E-state index in [1.54, 1.807) is 11.1 Å². The van der Waals surface area contributed by atoms with Gasteiger partial charge in [0.05, 0.1) is 0 Å². The molecule has 0 atom stereocenters. The first-order chi connectivity index (χ1) is 8.16. The Bertz CT molecular complexity index is 426. The fourth-order valence-electron chi connectivity index (χ4n) is 1.65. The number of carboxylic acid groups (broad SMARTS) is 1. The number of hydrogen-bond donors (Lipinski definition) is 1. The summed E-state index contributed by atoms with van der Waals surface area (Å²) in [6.45, 7) is 0.604. The lowest BCUT2D eigenvalue weighted by atomic mass is 10.2. The number of carbonyl (C=O) groups excluding carboxylic acids is 1. The Morgan fingerprint density at radius 1 is 1.47 bits per heavy atom. The maximum Gasteiger partial charge on any atom is 0.303 e. The zero-order chi connectivity index (χ0) is 12.3. The molecule has 90 valence electrons. The van der Waals surface area contributed by atoms with Crippen LogP contribution in [0.1, 0.15) is 12.8 Å². The number of carbonyl (C=O) groups is 2. The third-order valence-corrected chi connectivity index (χ3v) is 2.49. The molecule has 0 aromatic rings. The van der Waals surface area contributed by atoms with Crippen LogP contribution in [0, 0.1) is 0 Å². The quantitative estimate of drug-likeness (QED) is 0.765. The van der Waals surface area contributed by atoms with Gasteiger partial charge in [0, 0.05) is 19.2 Å². The number of rotatable bonds is 4. The first kappa shape index (κ1) is 11.4. The number of allylic oxidation sites excluding steroid dienone is 2. The lowest BCUT2D eigenvalue weighted by molar-refractivity contribution is -0.138. The fraction of sp³-hybridized carbons (Fsp3) is 0.364. The maximum absolute atomic E-state index is 11.7. The molecule has 2 aliphatic rings. The molecule has 6 nitrogen and oxygen atoms in total. The summed E-state index contributed by atoms with van der Waals surface area (Å²) in [6.07, 6.45) is 7.76. The van der Waals surface area contributed by atoms with Crippen LogP contribution in [0.3, 0.4) is 0 Å². The van der Waals surface area contributed by atoms with Crippen molar-refractivity contribution in [2.45, 2.75) is 12.8 Å². The van der Waals surface area contributed by atoms with Gasteiger partial charge in [0.25, 0.3) is 5.91 Å². The average molecular weight is 235 g/mol. The smallest absolute Gasteiger partial charge is 0.303 e. The van der Waals surface area contributed by atoms with E-state index in [4.69, 9.17) is 5.11 Å². The molecule has 0 radical (unpaired) electrons. The number of hydrazone groups is 1. The van der Waals surface area contributed by atoms with Gasteiger partial charge in [-0.05, 0) is 18.6 Å². The largest absolute Gasteiger partial charge is 0.481 e. The number of nitrogens with zero attached hydrogens (tertiary/aromatic N) is 3. The highest BCUT2D eigenvalue weighted by atomic mass is 16.4. The van der Waals surface area contributed by atoms with Crippen LogP contribution in [0.2, 0.25) is 0 Å². The second-order valence-corrected chi connectivity index (χ2v) is 3.80. The first-order valence-corrected chi connectivity index (χ1v) is 5.39. The maximum atomic E-state index is 11.7. The molecule has 0 spiro atoms. The highest BCUT2D eigenvalue weighted by molar-refractivity contribution is 6.00. The minimum absolute atomic E-state index is 0.0497. The molecule has 1 N–H and O–H groups in total. The molecule has 2 aliphatic heterocycles. The van der Waals surface area contributed by atoms with Crippen LogP contribution in [0.4, 0.5) is 0 Å². The SMILES string of the molecule is O=C(O)CCCN1N=C2C=CC=CN2CC1=O. The molecule has 0 saturated carbocycles. The van der Waals surface area contributed by atoms with Gasteiger partial charge in [-0.15, -0.1) is 0 Å². The molecule has 2 rings (SSSR count). The van der Waals surface area contributed by atoms with Crippen LogP contribution < -0.4 is 0 Å². The predicted molar refractivity (Wildman–Crippen MR) is 61.0 cm³/mol. The normalized spacial score (nSPS) is 18.1. The van der Waals surface area contributed by atoms with Crippen LogP contribution >= 0.6 is 0 Å². The molecule has 0 unspecified atom stereocenters. The minimum Gasteiger partial charge on any atom is -0.481 e. The number of hydrogen-bond acceptors (Lipinski definition) is 4. The van der Waals surface area contributed by atoms with Crippen LogP contribution in [0.15, 0.2) is 29.5 Å². The molecular weight excluding hydrogens is 222 g/mol. The number of fused-ring (bicyclic) bond motifs is 1. The van der Waals surface area contributed by atoms with E-state index in [0.717, 1.165) is 0 Å². The molecule has 6 heteroatoms. The molecule has 17 heavy (non-hydrogen) atoms.